The van der Waals surface area contributed by atoms with Crippen LogP contribution in [0.5, 0.6) is 0 Å². The minimum atomic E-state index is 0.595. The third kappa shape index (κ3) is 2.00. The number of hydrogen-bond donors (Lipinski definition) is 2. The van der Waals surface area contributed by atoms with Gasteiger partial charge in [0.1, 0.15) is 0 Å². The van der Waals surface area contributed by atoms with Gasteiger partial charge in [0, 0.05) is 17.4 Å². The number of benzene rings is 1. The molecule has 1 unspecified atom stereocenters. The Morgan fingerprint density at radius 3 is 2.71 bits per heavy atom. The molecule has 0 saturated heterocycles. The van der Waals surface area contributed by atoms with Crippen LogP contribution in [-0.4, -0.2) is 6.04 Å². The van der Waals surface area contributed by atoms with Crippen molar-refractivity contribution >= 4 is 11.4 Å². The van der Waals surface area contributed by atoms with Crippen LogP contribution in [0.3, 0.4) is 0 Å². The molecule has 0 radical (unpaired) electrons. The van der Waals surface area contributed by atoms with E-state index in [0.717, 1.165) is 17.2 Å². The molecule has 1 aromatic carbocycles. The van der Waals surface area contributed by atoms with E-state index >= 15 is 0 Å². The predicted octanol–water partition coefficient (Wildman–Crippen LogP) is 2.79. The molecule has 1 saturated carbocycles. The normalized spacial score (nSPS) is 17.9. The zero-order chi connectivity index (χ0) is 10.1. The zero-order valence-electron chi connectivity index (χ0n) is 8.88. The highest BCUT2D eigenvalue weighted by molar-refractivity contribution is 5.57. The standard InChI is InChI=1S/C12H18N2/c1-8-7-11(5-6-12(8)13)14-9(2)10-3-4-10/h5-7,9-10,14H,3-4,13H2,1-2H3. The highest BCUT2D eigenvalue weighted by atomic mass is 14.9. The van der Waals surface area contributed by atoms with E-state index in [1.54, 1.807) is 0 Å². The predicted molar refractivity (Wildman–Crippen MR) is 61.4 cm³/mol. The average Bonchev–Trinajstić information content (AvgIpc) is 2.94. The van der Waals surface area contributed by atoms with E-state index < -0.39 is 0 Å². The van der Waals surface area contributed by atoms with E-state index in [2.05, 4.69) is 24.4 Å². The van der Waals surface area contributed by atoms with E-state index in [-0.39, 0.29) is 0 Å². The van der Waals surface area contributed by atoms with Gasteiger partial charge in [-0.2, -0.15) is 0 Å². The molecular formula is C12H18N2. The van der Waals surface area contributed by atoms with Gasteiger partial charge in [0.05, 0.1) is 0 Å². The fraction of sp³-hybridized carbons (Fsp3) is 0.500. The van der Waals surface area contributed by atoms with Gasteiger partial charge in [-0.25, -0.2) is 0 Å². The van der Waals surface area contributed by atoms with Crippen LogP contribution in [-0.2, 0) is 0 Å². The van der Waals surface area contributed by atoms with Gasteiger partial charge < -0.3 is 11.1 Å². The summed E-state index contributed by atoms with van der Waals surface area (Å²) in [5, 5.41) is 3.52. The van der Waals surface area contributed by atoms with E-state index in [1.165, 1.54) is 18.5 Å². The number of rotatable bonds is 3. The molecule has 1 aliphatic carbocycles. The number of nitrogens with one attached hydrogen (secondary N) is 1. The maximum Gasteiger partial charge on any atom is 0.0346 e. The number of anilines is 2. The molecule has 14 heavy (non-hydrogen) atoms. The second kappa shape index (κ2) is 3.52. The third-order valence-corrected chi connectivity index (χ3v) is 2.99. The summed E-state index contributed by atoms with van der Waals surface area (Å²) in [6.07, 6.45) is 2.75. The third-order valence-electron chi connectivity index (χ3n) is 2.99. The summed E-state index contributed by atoms with van der Waals surface area (Å²) in [5.41, 5.74) is 8.98. The fourth-order valence-electron chi connectivity index (χ4n) is 1.74. The van der Waals surface area contributed by atoms with Crippen molar-refractivity contribution in [1.29, 1.82) is 0 Å². The minimum Gasteiger partial charge on any atom is -0.399 e. The van der Waals surface area contributed by atoms with Crippen molar-refractivity contribution in [2.24, 2.45) is 5.92 Å². The van der Waals surface area contributed by atoms with Gasteiger partial charge in [-0.15, -0.1) is 0 Å². The fourth-order valence-corrected chi connectivity index (χ4v) is 1.74. The van der Waals surface area contributed by atoms with Gasteiger partial charge in [0.2, 0.25) is 0 Å². The Balaban J connectivity index is 2.04. The van der Waals surface area contributed by atoms with Crippen LogP contribution < -0.4 is 11.1 Å². The van der Waals surface area contributed by atoms with E-state index in [9.17, 15) is 0 Å². The SMILES string of the molecule is Cc1cc(NC(C)C2CC2)ccc1N. The van der Waals surface area contributed by atoms with Gasteiger partial charge in [-0.1, -0.05) is 0 Å². The van der Waals surface area contributed by atoms with Gasteiger partial charge in [0.25, 0.3) is 0 Å². The van der Waals surface area contributed by atoms with Crippen LogP contribution in [0.1, 0.15) is 25.3 Å². The maximum absolute atomic E-state index is 5.76. The molecule has 0 bridgehead atoms. The highest BCUT2D eigenvalue weighted by Gasteiger charge is 2.27. The summed E-state index contributed by atoms with van der Waals surface area (Å²) < 4.78 is 0. The molecule has 1 aliphatic rings. The summed E-state index contributed by atoms with van der Waals surface area (Å²) in [6, 6.07) is 6.74. The number of nitrogen functional groups attached to an aromatic ring is 1. The van der Waals surface area contributed by atoms with Crippen LogP contribution in [0.2, 0.25) is 0 Å². The molecule has 1 aromatic rings. The molecule has 2 nitrogen and oxygen atoms in total. The van der Waals surface area contributed by atoms with Crippen LogP contribution in [0.4, 0.5) is 11.4 Å². The first-order chi connectivity index (χ1) is 6.66. The van der Waals surface area contributed by atoms with Crippen molar-refractivity contribution in [2.75, 3.05) is 11.1 Å². The second-order valence-corrected chi connectivity index (χ2v) is 4.34. The van der Waals surface area contributed by atoms with E-state index in [0.29, 0.717) is 6.04 Å². The Hall–Kier alpha value is -1.18. The van der Waals surface area contributed by atoms with Crippen molar-refractivity contribution in [2.45, 2.75) is 32.7 Å². The van der Waals surface area contributed by atoms with Crippen molar-refractivity contribution in [3.05, 3.63) is 23.8 Å². The molecule has 2 rings (SSSR count). The first kappa shape index (κ1) is 9.38. The van der Waals surface area contributed by atoms with Gasteiger partial charge in [-0.3, -0.25) is 0 Å². The minimum absolute atomic E-state index is 0.595. The molecule has 0 amide bonds. The van der Waals surface area contributed by atoms with Crippen LogP contribution in [0, 0.1) is 12.8 Å². The van der Waals surface area contributed by atoms with Crippen LogP contribution in [0.15, 0.2) is 18.2 Å². The van der Waals surface area contributed by atoms with Crippen molar-refractivity contribution in [1.82, 2.24) is 0 Å². The smallest absolute Gasteiger partial charge is 0.0346 e. The zero-order valence-corrected chi connectivity index (χ0v) is 8.88. The molecule has 0 aliphatic heterocycles. The molecule has 76 valence electrons. The molecule has 1 fully saturated rings. The maximum atomic E-state index is 5.76. The first-order valence-corrected chi connectivity index (χ1v) is 5.29. The molecule has 0 spiro atoms. The lowest BCUT2D eigenvalue weighted by molar-refractivity contribution is 0.694. The second-order valence-electron chi connectivity index (χ2n) is 4.34. The topological polar surface area (TPSA) is 38.0 Å². The quantitative estimate of drug-likeness (QED) is 0.719. The van der Waals surface area contributed by atoms with Gasteiger partial charge in [-0.05, 0) is 56.4 Å². The summed E-state index contributed by atoms with van der Waals surface area (Å²) in [7, 11) is 0. The monoisotopic (exact) mass is 190 g/mol. The number of nitrogens with two attached hydrogens (primary N) is 1. The Morgan fingerprint density at radius 2 is 2.14 bits per heavy atom. The van der Waals surface area contributed by atoms with E-state index in [4.69, 9.17) is 5.73 Å². The van der Waals surface area contributed by atoms with Crippen LogP contribution >= 0.6 is 0 Å². The Morgan fingerprint density at radius 1 is 1.43 bits per heavy atom. The lowest BCUT2D eigenvalue weighted by Gasteiger charge is -2.15. The lowest BCUT2D eigenvalue weighted by Crippen LogP contribution is -2.17. The summed E-state index contributed by atoms with van der Waals surface area (Å²) in [6.45, 7) is 4.30. The highest BCUT2D eigenvalue weighted by Crippen LogP contribution is 2.34. The molecule has 3 N–H and O–H groups in total. The number of hydrogen-bond acceptors (Lipinski definition) is 2. The molecule has 2 heteroatoms. The molecule has 0 aromatic heterocycles. The summed E-state index contributed by atoms with van der Waals surface area (Å²) in [4.78, 5) is 0. The molecular weight excluding hydrogens is 172 g/mol. The van der Waals surface area contributed by atoms with Crippen LogP contribution in [0.25, 0.3) is 0 Å². The van der Waals surface area contributed by atoms with E-state index in [1.807, 2.05) is 13.0 Å². The molecule has 1 atom stereocenters. The lowest BCUT2D eigenvalue weighted by atomic mass is 10.1. The Bertz CT molecular complexity index is 329. The number of aryl methyl sites for hydroxylation is 1. The van der Waals surface area contributed by atoms with Gasteiger partial charge in [0.15, 0.2) is 0 Å². The van der Waals surface area contributed by atoms with Crippen molar-refractivity contribution in [3.63, 3.8) is 0 Å². The Kier molecular flexibility index (Phi) is 2.36. The summed E-state index contributed by atoms with van der Waals surface area (Å²) >= 11 is 0. The first-order valence-electron chi connectivity index (χ1n) is 5.29. The largest absolute Gasteiger partial charge is 0.399 e. The average molecular weight is 190 g/mol. The van der Waals surface area contributed by atoms with Crippen molar-refractivity contribution in [3.8, 4) is 0 Å². The van der Waals surface area contributed by atoms with Crippen molar-refractivity contribution < 1.29 is 0 Å². The molecule has 0 heterocycles. The Labute approximate surface area is 85.5 Å². The summed E-state index contributed by atoms with van der Waals surface area (Å²) in [5.74, 6) is 0.882. The van der Waals surface area contributed by atoms with Gasteiger partial charge >= 0.3 is 0 Å².